The summed E-state index contributed by atoms with van der Waals surface area (Å²) >= 11 is 0. The van der Waals surface area contributed by atoms with Gasteiger partial charge in [-0.15, -0.1) is 0 Å². The van der Waals surface area contributed by atoms with E-state index in [4.69, 9.17) is 4.52 Å². The van der Waals surface area contributed by atoms with E-state index in [1.54, 1.807) is 0 Å². The van der Waals surface area contributed by atoms with Gasteiger partial charge in [0.2, 0.25) is 11.7 Å². The molecule has 2 heterocycles. The Balaban J connectivity index is 1.86. The van der Waals surface area contributed by atoms with Gasteiger partial charge in [-0.25, -0.2) is 0 Å². The Bertz CT molecular complexity index is 642. The number of benzene rings is 1. The van der Waals surface area contributed by atoms with E-state index < -0.39 is 17.8 Å². The molecule has 1 aromatic carbocycles. The molecule has 3 rings (SSSR count). The van der Waals surface area contributed by atoms with Crippen molar-refractivity contribution in [3.63, 3.8) is 0 Å². The maximum Gasteiger partial charge on any atom is 0.416 e. The second-order valence-electron chi connectivity index (χ2n) is 4.89. The Morgan fingerprint density at radius 3 is 2.81 bits per heavy atom. The SMILES string of the molecule is O[C@H]1CN[C@@H](c2nc(-c3cccc(C(F)(F)F)c3)no2)C1. The van der Waals surface area contributed by atoms with Crippen molar-refractivity contribution >= 4 is 0 Å². The molecule has 1 aliphatic rings. The number of aromatic nitrogens is 2. The standard InChI is InChI=1S/C13H12F3N3O2/c14-13(15,16)8-3-1-2-7(4-8)11-18-12(21-19-11)10-5-9(20)6-17-10/h1-4,9-10,17,20H,5-6H2/t9-,10-/m1/s1. The van der Waals surface area contributed by atoms with Crippen molar-refractivity contribution in [2.45, 2.75) is 24.7 Å². The average molecular weight is 299 g/mol. The van der Waals surface area contributed by atoms with Gasteiger partial charge in [0.15, 0.2) is 0 Å². The van der Waals surface area contributed by atoms with Gasteiger partial charge in [-0.05, 0) is 18.6 Å². The molecular formula is C13H12F3N3O2. The summed E-state index contributed by atoms with van der Waals surface area (Å²) in [6.45, 7) is 0.423. The molecule has 1 fully saturated rings. The van der Waals surface area contributed by atoms with Crippen LogP contribution in [-0.2, 0) is 6.18 Å². The zero-order valence-corrected chi connectivity index (χ0v) is 10.8. The first-order valence-electron chi connectivity index (χ1n) is 6.36. The number of halogens is 3. The molecule has 2 N–H and O–H groups in total. The molecule has 0 aliphatic carbocycles. The lowest BCUT2D eigenvalue weighted by Crippen LogP contribution is -2.15. The third-order valence-electron chi connectivity index (χ3n) is 3.30. The molecule has 2 aromatic rings. The normalized spacial score (nSPS) is 22.7. The molecule has 0 amide bonds. The number of alkyl halides is 3. The van der Waals surface area contributed by atoms with Crippen molar-refractivity contribution in [3.05, 3.63) is 35.7 Å². The zero-order valence-electron chi connectivity index (χ0n) is 10.8. The number of aliphatic hydroxyl groups excluding tert-OH is 1. The third-order valence-corrected chi connectivity index (χ3v) is 3.30. The minimum absolute atomic E-state index is 0.0966. The van der Waals surface area contributed by atoms with Crippen LogP contribution in [-0.4, -0.2) is 27.9 Å². The summed E-state index contributed by atoms with van der Waals surface area (Å²) < 4.78 is 43.1. The molecule has 8 heteroatoms. The topological polar surface area (TPSA) is 71.2 Å². The highest BCUT2D eigenvalue weighted by Crippen LogP contribution is 2.32. The fraction of sp³-hybridized carbons (Fsp3) is 0.385. The molecule has 0 unspecified atom stereocenters. The summed E-state index contributed by atoms with van der Waals surface area (Å²) in [5, 5.41) is 16.1. The van der Waals surface area contributed by atoms with Crippen LogP contribution in [0.4, 0.5) is 13.2 Å². The van der Waals surface area contributed by atoms with E-state index in [9.17, 15) is 18.3 Å². The number of nitrogens with zero attached hydrogens (tertiary/aromatic N) is 2. The van der Waals surface area contributed by atoms with Gasteiger partial charge in [0.05, 0.1) is 17.7 Å². The summed E-state index contributed by atoms with van der Waals surface area (Å²) in [5.41, 5.74) is -0.529. The van der Waals surface area contributed by atoms with Crippen molar-refractivity contribution in [1.29, 1.82) is 0 Å². The molecule has 1 aromatic heterocycles. The lowest BCUT2D eigenvalue weighted by molar-refractivity contribution is -0.137. The molecule has 2 atom stereocenters. The molecule has 21 heavy (non-hydrogen) atoms. The molecule has 1 aliphatic heterocycles. The molecule has 0 bridgehead atoms. The molecule has 0 saturated carbocycles. The highest BCUT2D eigenvalue weighted by molar-refractivity contribution is 5.55. The van der Waals surface area contributed by atoms with Crippen molar-refractivity contribution in [3.8, 4) is 11.4 Å². The van der Waals surface area contributed by atoms with Crippen LogP contribution < -0.4 is 5.32 Å². The van der Waals surface area contributed by atoms with E-state index in [-0.39, 0.29) is 23.3 Å². The maximum absolute atomic E-state index is 12.7. The fourth-order valence-electron chi connectivity index (χ4n) is 2.23. The van der Waals surface area contributed by atoms with E-state index in [0.717, 1.165) is 12.1 Å². The smallest absolute Gasteiger partial charge is 0.392 e. The Morgan fingerprint density at radius 1 is 1.33 bits per heavy atom. The minimum atomic E-state index is -4.42. The molecule has 0 radical (unpaired) electrons. The maximum atomic E-state index is 12.7. The van der Waals surface area contributed by atoms with Gasteiger partial charge >= 0.3 is 6.18 Å². The van der Waals surface area contributed by atoms with Gasteiger partial charge in [0.1, 0.15) is 0 Å². The van der Waals surface area contributed by atoms with Crippen LogP contribution >= 0.6 is 0 Å². The van der Waals surface area contributed by atoms with Gasteiger partial charge < -0.3 is 14.9 Å². The van der Waals surface area contributed by atoms with Crippen LogP contribution in [0.1, 0.15) is 23.9 Å². The first-order chi connectivity index (χ1) is 9.93. The lowest BCUT2D eigenvalue weighted by Gasteiger charge is -2.06. The summed E-state index contributed by atoms with van der Waals surface area (Å²) in [4.78, 5) is 4.10. The quantitative estimate of drug-likeness (QED) is 0.889. The Labute approximate surface area is 117 Å². The Hall–Kier alpha value is -1.93. The summed E-state index contributed by atoms with van der Waals surface area (Å²) in [7, 11) is 0. The predicted octanol–water partition coefficient (Wildman–Crippen LogP) is 2.15. The molecule has 112 valence electrons. The monoisotopic (exact) mass is 299 g/mol. The van der Waals surface area contributed by atoms with E-state index in [0.29, 0.717) is 13.0 Å². The summed E-state index contributed by atoms with van der Waals surface area (Å²) in [6, 6.07) is 4.48. The van der Waals surface area contributed by atoms with Crippen LogP contribution in [0.5, 0.6) is 0 Å². The number of rotatable bonds is 2. The van der Waals surface area contributed by atoms with Crippen molar-refractivity contribution in [1.82, 2.24) is 15.5 Å². The minimum Gasteiger partial charge on any atom is -0.392 e. The van der Waals surface area contributed by atoms with Crippen LogP contribution in [0, 0.1) is 0 Å². The number of hydrogen-bond acceptors (Lipinski definition) is 5. The van der Waals surface area contributed by atoms with E-state index >= 15 is 0 Å². The van der Waals surface area contributed by atoms with E-state index in [2.05, 4.69) is 15.5 Å². The second-order valence-corrected chi connectivity index (χ2v) is 4.89. The van der Waals surface area contributed by atoms with E-state index in [1.807, 2.05) is 0 Å². The molecular weight excluding hydrogens is 287 g/mol. The van der Waals surface area contributed by atoms with Gasteiger partial charge in [-0.2, -0.15) is 18.2 Å². The molecule has 0 spiro atoms. The number of hydrogen-bond donors (Lipinski definition) is 2. The largest absolute Gasteiger partial charge is 0.416 e. The lowest BCUT2D eigenvalue weighted by atomic mass is 10.1. The van der Waals surface area contributed by atoms with Gasteiger partial charge in [0, 0.05) is 12.1 Å². The first-order valence-corrected chi connectivity index (χ1v) is 6.36. The molecule has 5 nitrogen and oxygen atoms in total. The van der Waals surface area contributed by atoms with Crippen molar-refractivity contribution in [2.24, 2.45) is 0 Å². The Kier molecular flexibility index (Phi) is 3.42. The number of β-amino-alcohol motifs (C(OH)–C–C–N with tert-alkyl or cyclic N) is 1. The van der Waals surface area contributed by atoms with Gasteiger partial charge in [-0.1, -0.05) is 17.3 Å². The van der Waals surface area contributed by atoms with Gasteiger partial charge in [-0.3, -0.25) is 0 Å². The first kappa shape index (κ1) is 14.0. The average Bonchev–Trinajstić information content (AvgIpc) is 3.06. The fourth-order valence-corrected chi connectivity index (χ4v) is 2.23. The molecule has 1 saturated heterocycles. The zero-order chi connectivity index (χ0) is 15.0. The third kappa shape index (κ3) is 2.91. The van der Waals surface area contributed by atoms with Gasteiger partial charge in [0.25, 0.3) is 0 Å². The summed E-state index contributed by atoms with van der Waals surface area (Å²) in [6.07, 6.45) is -4.47. The van der Waals surface area contributed by atoms with Crippen LogP contribution in [0.25, 0.3) is 11.4 Å². The van der Waals surface area contributed by atoms with Crippen molar-refractivity contribution in [2.75, 3.05) is 6.54 Å². The number of nitrogens with one attached hydrogen (secondary N) is 1. The highest BCUT2D eigenvalue weighted by atomic mass is 19.4. The van der Waals surface area contributed by atoms with E-state index in [1.165, 1.54) is 12.1 Å². The predicted molar refractivity (Wildman–Crippen MR) is 66.1 cm³/mol. The summed E-state index contributed by atoms with van der Waals surface area (Å²) in [5.74, 6) is 0.359. The highest BCUT2D eigenvalue weighted by Gasteiger charge is 2.31. The second kappa shape index (κ2) is 5.12. The van der Waals surface area contributed by atoms with Crippen LogP contribution in [0.15, 0.2) is 28.8 Å². The van der Waals surface area contributed by atoms with Crippen molar-refractivity contribution < 1.29 is 22.8 Å². The van der Waals surface area contributed by atoms with Crippen LogP contribution in [0.2, 0.25) is 0 Å². The number of aliphatic hydroxyl groups is 1. The van der Waals surface area contributed by atoms with Crippen LogP contribution in [0.3, 0.4) is 0 Å². The Morgan fingerprint density at radius 2 is 2.14 bits per heavy atom.